The van der Waals surface area contributed by atoms with Crippen molar-refractivity contribution in [2.24, 2.45) is 0 Å². The van der Waals surface area contributed by atoms with Crippen LogP contribution in [-0.2, 0) is 9.53 Å². The lowest BCUT2D eigenvalue weighted by molar-refractivity contribution is -0.174. The molecule has 0 aliphatic rings. The Hall–Kier alpha value is -1.47. The van der Waals surface area contributed by atoms with Gasteiger partial charge in [0.1, 0.15) is 6.61 Å². The standard InChI is InChI=1S/C11H12ClF3N2O2/c12-8-2-1-7(16)5-9(8)17-10(18)3-4-19-6-11(13,14)15/h1-2,5H,3-4,6,16H2,(H,17,18). The van der Waals surface area contributed by atoms with Crippen LogP contribution in [0.3, 0.4) is 0 Å². The predicted octanol–water partition coefficient (Wildman–Crippen LogP) is 2.83. The van der Waals surface area contributed by atoms with Gasteiger partial charge in [-0.1, -0.05) is 11.6 Å². The zero-order chi connectivity index (χ0) is 14.5. The summed E-state index contributed by atoms with van der Waals surface area (Å²) < 4.78 is 39.6. The fourth-order valence-corrected chi connectivity index (χ4v) is 1.37. The summed E-state index contributed by atoms with van der Waals surface area (Å²) in [5.41, 5.74) is 6.23. The second-order valence-electron chi connectivity index (χ2n) is 3.71. The number of nitrogens with one attached hydrogen (secondary N) is 1. The van der Waals surface area contributed by atoms with Crippen molar-refractivity contribution in [2.75, 3.05) is 24.3 Å². The molecule has 0 heterocycles. The normalized spacial score (nSPS) is 11.4. The molecule has 0 unspecified atom stereocenters. The maximum atomic E-state index is 11.8. The van der Waals surface area contributed by atoms with E-state index in [1.54, 1.807) is 6.07 Å². The first kappa shape index (κ1) is 15.6. The van der Waals surface area contributed by atoms with Gasteiger partial charge in [-0.3, -0.25) is 4.79 Å². The van der Waals surface area contributed by atoms with Crippen LogP contribution < -0.4 is 11.1 Å². The molecule has 0 aromatic heterocycles. The highest BCUT2D eigenvalue weighted by Gasteiger charge is 2.27. The quantitative estimate of drug-likeness (QED) is 0.649. The average Bonchev–Trinajstić information content (AvgIpc) is 2.28. The molecule has 0 spiro atoms. The Bertz CT molecular complexity index is 452. The molecule has 1 rings (SSSR count). The number of carbonyl (C=O) groups is 1. The number of hydrogen-bond acceptors (Lipinski definition) is 3. The minimum atomic E-state index is -4.40. The van der Waals surface area contributed by atoms with Crippen molar-refractivity contribution in [1.82, 2.24) is 0 Å². The van der Waals surface area contributed by atoms with E-state index in [-0.39, 0.29) is 13.0 Å². The Balaban J connectivity index is 2.37. The second kappa shape index (κ2) is 6.63. The summed E-state index contributed by atoms with van der Waals surface area (Å²) in [5.74, 6) is -0.505. The highest BCUT2D eigenvalue weighted by Crippen LogP contribution is 2.24. The van der Waals surface area contributed by atoms with E-state index in [0.717, 1.165) is 0 Å². The lowest BCUT2D eigenvalue weighted by atomic mass is 10.2. The number of halogens is 4. The van der Waals surface area contributed by atoms with E-state index in [1.807, 2.05) is 0 Å². The minimum Gasteiger partial charge on any atom is -0.399 e. The van der Waals surface area contributed by atoms with E-state index in [4.69, 9.17) is 17.3 Å². The van der Waals surface area contributed by atoms with Crippen LogP contribution in [-0.4, -0.2) is 25.3 Å². The molecule has 4 nitrogen and oxygen atoms in total. The first-order valence-electron chi connectivity index (χ1n) is 5.27. The van der Waals surface area contributed by atoms with E-state index < -0.39 is 18.7 Å². The Morgan fingerprint density at radius 1 is 1.42 bits per heavy atom. The van der Waals surface area contributed by atoms with Gasteiger partial charge >= 0.3 is 6.18 Å². The number of hydrogen-bond donors (Lipinski definition) is 2. The fraction of sp³-hybridized carbons (Fsp3) is 0.364. The molecule has 0 radical (unpaired) electrons. The zero-order valence-electron chi connectivity index (χ0n) is 9.76. The highest BCUT2D eigenvalue weighted by atomic mass is 35.5. The lowest BCUT2D eigenvalue weighted by Crippen LogP contribution is -2.20. The van der Waals surface area contributed by atoms with E-state index in [2.05, 4.69) is 10.1 Å². The monoisotopic (exact) mass is 296 g/mol. The molecule has 8 heteroatoms. The molecule has 0 bridgehead atoms. The molecule has 0 saturated heterocycles. The first-order valence-corrected chi connectivity index (χ1v) is 5.65. The number of amides is 1. The van der Waals surface area contributed by atoms with Crippen molar-refractivity contribution >= 4 is 28.9 Å². The van der Waals surface area contributed by atoms with Gasteiger partial charge < -0.3 is 15.8 Å². The van der Waals surface area contributed by atoms with Crippen LogP contribution in [0.25, 0.3) is 0 Å². The van der Waals surface area contributed by atoms with Gasteiger partial charge in [-0.05, 0) is 18.2 Å². The molecule has 1 amide bonds. The first-order chi connectivity index (χ1) is 8.78. The maximum Gasteiger partial charge on any atom is 0.411 e. The Kier molecular flexibility index (Phi) is 5.44. The SMILES string of the molecule is Nc1ccc(Cl)c(NC(=O)CCOCC(F)(F)F)c1. The molecule has 0 aliphatic carbocycles. The van der Waals surface area contributed by atoms with Gasteiger partial charge in [-0.2, -0.15) is 13.2 Å². The molecule has 106 valence electrons. The molecule has 0 saturated carbocycles. The van der Waals surface area contributed by atoms with Gasteiger partial charge in [0.15, 0.2) is 0 Å². The molecule has 0 atom stereocenters. The third-order valence-electron chi connectivity index (χ3n) is 2.00. The van der Waals surface area contributed by atoms with Crippen LogP contribution >= 0.6 is 11.6 Å². The third kappa shape index (κ3) is 6.30. The van der Waals surface area contributed by atoms with Crippen molar-refractivity contribution in [2.45, 2.75) is 12.6 Å². The molecule has 3 N–H and O–H groups in total. The van der Waals surface area contributed by atoms with Gasteiger partial charge in [-0.15, -0.1) is 0 Å². The Labute approximate surface area is 112 Å². The summed E-state index contributed by atoms with van der Waals surface area (Å²) in [4.78, 5) is 11.4. The van der Waals surface area contributed by atoms with E-state index in [0.29, 0.717) is 16.4 Å². The predicted molar refractivity (Wildman–Crippen MR) is 66.0 cm³/mol. The van der Waals surface area contributed by atoms with Gasteiger partial charge in [0.2, 0.25) is 5.91 Å². The highest BCUT2D eigenvalue weighted by molar-refractivity contribution is 6.33. The van der Waals surface area contributed by atoms with Crippen LogP contribution in [0.1, 0.15) is 6.42 Å². The van der Waals surface area contributed by atoms with E-state index >= 15 is 0 Å². The number of anilines is 2. The zero-order valence-corrected chi connectivity index (χ0v) is 10.5. The molecular weight excluding hydrogens is 285 g/mol. The van der Waals surface area contributed by atoms with E-state index in [1.165, 1.54) is 12.1 Å². The summed E-state index contributed by atoms with van der Waals surface area (Å²) >= 11 is 5.81. The number of nitrogen functional groups attached to an aromatic ring is 1. The van der Waals surface area contributed by atoms with Gasteiger partial charge in [0, 0.05) is 5.69 Å². The number of nitrogens with two attached hydrogens (primary N) is 1. The van der Waals surface area contributed by atoms with Crippen LogP contribution in [0.2, 0.25) is 5.02 Å². The maximum absolute atomic E-state index is 11.8. The Morgan fingerprint density at radius 3 is 2.74 bits per heavy atom. The summed E-state index contributed by atoms with van der Waals surface area (Å²) in [5, 5.41) is 2.73. The topological polar surface area (TPSA) is 64.3 Å². The fourth-order valence-electron chi connectivity index (χ4n) is 1.20. The van der Waals surface area contributed by atoms with Crippen molar-refractivity contribution in [1.29, 1.82) is 0 Å². The molecular formula is C11H12ClF3N2O2. The van der Waals surface area contributed by atoms with Crippen LogP contribution in [0, 0.1) is 0 Å². The minimum absolute atomic E-state index is 0.207. The van der Waals surface area contributed by atoms with Crippen molar-refractivity contribution in [3.05, 3.63) is 23.2 Å². The molecule has 1 aromatic rings. The molecule has 0 fully saturated rings. The number of rotatable bonds is 5. The second-order valence-corrected chi connectivity index (χ2v) is 4.11. The number of carbonyl (C=O) groups excluding carboxylic acids is 1. The van der Waals surface area contributed by atoms with Crippen molar-refractivity contribution in [3.8, 4) is 0 Å². The molecule has 19 heavy (non-hydrogen) atoms. The molecule has 1 aromatic carbocycles. The lowest BCUT2D eigenvalue weighted by Gasteiger charge is -2.09. The number of alkyl halides is 3. The van der Waals surface area contributed by atoms with Crippen molar-refractivity contribution < 1.29 is 22.7 Å². The summed E-state index contributed by atoms with van der Waals surface area (Å²) in [6, 6.07) is 4.52. The van der Waals surface area contributed by atoms with Gasteiger partial charge in [0.25, 0.3) is 0 Å². The van der Waals surface area contributed by atoms with Crippen LogP contribution in [0.4, 0.5) is 24.5 Å². The average molecular weight is 297 g/mol. The number of ether oxygens (including phenoxy) is 1. The number of benzene rings is 1. The summed E-state index contributed by atoms with van der Waals surface area (Å²) in [6.07, 6.45) is -4.60. The smallest absolute Gasteiger partial charge is 0.399 e. The summed E-state index contributed by atoms with van der Waals surface area (Å²) in [7, 11) is 0. The molecule has 0 aliphatic heterocycles. The largest absolute Gasteiger partial charge is 0.411 e. The van der Waals surface area contributed by atoms with Gasteiger partial charge in [0.05, 0.1) is 23.7 Å². The van der Waals surface area contributed by atoms with Crippen LogP contribution in [0.5, 0.6) is 0 Å². The summed E-state index contributed by atoms with van der Waals surface area (Å²) in [6.45, 7) is -1.70. The van der Waals surface area contributed by atoms with Crippen molar-refractivity contribution in [3.63, 3.8) is 0 Å². The third-order valence-corrected chi connectivity index (χ3v) is 2.33. The Morgan fingerprint density at radius 2 is 2.11 bits per heavy atom. The van der Waals surface area contributed by atoms with Crippen LogP contribution in [0.15, 0.2) is 18.2 Å². The van der Waals surface area contributed by atoms with E-state index in [9.17, 15) is 18.0 Å². The van der Waals surface area contributed by atoms with Gasteiger partial charge in [-0.25, -0.2) is 0 Å².